The van der Waals surface area contributed by atoms with Crippen LogP contribution in [0, 0.1) is 6.92 Å². The van der Waals surface area contributed by atoms with Gasteiger partial charge in [-0.2, -0.15) is 15.2 Å². The van der Waals surface area contributed by atoms with Crippen molar-refractivity contribution in [3.8, 4) is 22.9 Å². The minimum absolute atomic E-state index is 0.522. The summed E-state index contributed by atoms with van der Waals surface area (Å²) in [5.74, 6) is 1.31. The predicted octanol–water partition coefficient (Wildman–Crippen LogP) is 5.27. The third kappa shape index (κ3) is 4.05. The van der Waals surface area contributed by atoms with E-state index in [1.807, 2.05) is 35.5 Å². The van der Waals surface area contributed by atoms with Crippen LogP contribution in [-0.4, -0.2) is 34.5 Å². The maximum Gasteiger partial charge on any atom is 0.253 e. The molecule has 7 nitrogen and oxygen atoms in total. The van der Waals surface area contributed by atoms with E-state index >= 15 is 0 Å². The van der Waals surface area contributed by atoms with Gasteiger partial charge in [0.05, 0.1) is 18.1 Å². The first-order valence-corrected chi connectivity index (χ1v) is 11.9. The summed E-state index contributed by atoms with van der Waals surface area (Å²) < 4.78 is 3.62. The summed E-state index contributed by atoms with van der Waals surface area (Å²) in [5.41, 5.74) is 8.76. The Bertz CT molecular complexity index is 1540. The molecule has 0 bridgehead atoms. The molecule has 0 N–H and O–H groups in total. The Balaban J connectivity index is 1.45. The van der Waals surface area contributed by atoms with E-state index in [4.69, 9.17) is 9.97 Å². The molecule has 4 heterocycles. The van der Waals surface area contributed by atoms with Crippen molar-refractivity contribution in [1.82, 2.24) is 34.5 Å². The van der Waals surface area contributed by atoms with Crippen LogP contribution in [0.3, 0.4) is 0 Å². The van der Waals surface area contributed by atoms with Crippen molar-refractivity contribution in [2.45, 2.75) is 33.1 Å². The Morgan fingerprint density at radius 2 is 1.77 bits per heavy atom. The smallest absolute Gasteiger partial charge is 0.253 e. The molecule has 0 saturated heterocycles. The Labute approximate surface area is 203 Å². The van der Waals surface area contributed by atoms with Crippen LogP contribution in [0.1, 0.15) is 41.3 Å². The lowest BCUT2D eigenvalue weighted by Gasteiger charge is -2.10. The summed E-state index contributed by atoms with van der Waals surface area (Å²) in [6.07, 6.45) is 16.4. The lowest BCUT2D eigenvalue weighted by molar-refractivity contribution is 0.764. The van der Waals surface area contributed by atoms with Crippen molar-refractivity contribution in [1.29, 1.82) is 0 Å². The number of nitrogens with zero attached hydrogens (tertiary/aromatic N) is 7. The van der Waals surface area contributed by atoms with E-state index in [0.717, 1.165) is 53.0 Å². The Hall–Kier alpha value is -4.39. The van der Waals surface area contributed by atoms with Crippen LogP contribution in [0.25, 0.3) is 34.5 Å². The molecule has 1 aliphatic rings. The highest BCUT2D eigenvalue weighted by molar-refractivity contribution is 5.88. The summed E-state index contributed by atoms with van der Waals surface area (Å²) in [4.78, 5) is 14.1. The fourth-order valence-electron chi connectivity index (χ4n) is 4.50. The lowest BCUT2D eigenvalue weighted by atomic mass is 10.1. The summed E-state index contributed by atoms with van der Waals surface area (Å²) in [7, 11) is 0. The molecule has 0 unspecified atom stereocenters. The van der Waals surface area contributed by atoms with E-state index < -0.39 is 0 Å². The van der Waals surface area contributed by atoms with Gasteiger partial charge >= 0.3 is 0 Å². The van der Waals surface area contributed by atoms with Crippen LogP contribution in [0.4, 0.5) is 0 Å². The first-order chi connectivity index (χ1) is 17.2. The van der Waals surface area contributed by atoms with E-state index in [2.05, 4.69) is 71.6 Å². The highest BCUT2D eigenvalue weighted by Crippen LogP contribution is 2.34. The van der Waals surface area contributed by atoms with E-state index in [-0.39, 0.29) is 0 Å². The van der Waals surface area contributed by atoms with Crippen molar-refractivity contribution >= 4 is 11.6 Å². The van der Waals surface area contributed by atoms with Crippen LogP contribution in [-0.2, 0) is 12.8 Å². The molecule has 0 aliphatic heterocycles. The molecule has 1 aliphatic carbocycles. The van der Waals surface area contributed by atoms with Crippen molar-refractivity contribution in [2.24, 2.45) is 0 Å². The van der Waals surface area contributed by atoms with E-state index in [1.54, 1.807) is 10.9 Å². The molecule has 0 radical (unpaired) electrons. The van der Waals surface area contributed by atoms with Gasteiger partial charge in [0, 0.05) is 42.3 Å². The van der Waals surface area contributed by atoms with E-state index in [9.17, 15) is 0 Å². The lowest BCUT2D eigenvalue weighted by Crippen LogP contribution is -2.11. The van der Waals surface area contributed by atoms with Gasteiger partial charge in [-0.05, 0) is 47.8 Å². The summed E-state index contributed by atoms with van der Waals surface area (Å²) in [6, 6.07) is 12.4. The highest BCUT2D eigenvalue weighted by Gasteiger charge is 2.24. The van der Waals surface area contributed by atoms with Crippen molar-refractivity contribution in [2.75, 3.05) is 0 Å². The molecule has 0 fully saturated rings. The average Bonchev–Trinajstić information content (AvgIpc) is 3.64. The van der Waals surface area contributed by atoms with E-state index in [1.165, 1.54) is 16.7 Å². The molecular formula is C28H25N7. The van der Waals surface area contributed by atoms with Gasteiger partial charge in [-0.3, -0.25) is 4.98 Å². The Morgan fingerprint density at radius 3 is 2.60 bits per heavy atom. The van der Waals surface area contributed by atoms with Crippen LogP contribution < -0.4 is 0 Å². The number of hydrogen-bond acceptors (Lipinski definition) is 5. The van der Waals surface area contributed by atoms with Gasteiger partial charge in [0.25, 0.3) is 5.95 Å². The Morgan fingerprint density at radius 1 is 0.886 bits per heavy atom. The van der Waals surface area contributed by atoms with Crippen LogP contribution >= 0.6 is 0 Å². The topological polar surface area (TPSA) is 74.3 Å². The van der Waals surface area contributed by atoms with Gasteiger partial charge in [-0.25, -0.2) is 14.3 Å². The van der Waals surface area contributed by atoms with Crippen LogP contribution in [0.5, 0.6) is 0 Å². The van der Waals surface area contributed by atoms with Crippen molar-refractivity contribution in [3.63, 3.8) is 0 Å². The van der Waals surface area contributed by atoms with E-state index in [0.29, 0.717) is 5.95 Å². The molecule has 7 heteroatoms. The zero-order chi connectivity index (χ0) is 23.8. The first-order valence-electron chi connectivity index (χ1n) is 11.9. The Kier molecular flexibility index (Phi) is 5.29. The standard InChI is InChI=1S/C28H25N7/c1-3-6-20-14-30-34(17-20)27-25-12-23(22-9-5-10-29-15-22)13-26(25)32-28(33-27)35-18-24(16-31-35)21-8-4-7-19(2)11-21/h4-5,7-11,13-18H,3,6,12H2,1-2H3. The fraction of sp³-hybridized carbons (Fsp3) is 0.179. The quantitative estimate of drug-likeness (QED) is 0.346. The van der Waals surface area contributed by atoms with Gasteiger partial charge in [0.2, 0.25) is 0 Å². The van der Waals surface area contributed by atoms with Gasteiger partial charge in [0.15, 0.2) is 5.82 Å². The number of fused-ring (bicyclic) bond motifs is 1. The molecule has 5 aromatic rings. The number of hydrogen-bond donors (Lipinski definition) is 0. The fourth-order valence-corrected chi connectivity index (χ4v) is 4.50. The summed E-state index contributed by atoms with van der Waals surface area (Å²) in [5, 5.41) is 9.23. The molecule has 0 spiro atoms. The number of pyridine rings is 1. The molecule has 0 atom stereocenters. The normalized spacial score (nSPS) is 12.6. The summed E-state index contributed by atoms with van der Waals surface area (Å²) >= 11 is 0. The van der Waals surface area contributed by atoms with Crippen molar-refractivity contribution < 1.29 is 0 Å². The second-order valence-electron chi connectivity index (χ2n) is 8.89. The number of aromatic nitrogens is 7. The highest BCUT2D eigenvalue weighted by atomic mass is 15.4. The van der Waals surface area contributed by atoms with Gasteiger partial charge in [-0.15, -0.1) is 0 Å². The average molecular weight is 460 g/mol. The SMILES string of the molecule is CCCc1cnn(-c2nc(-n3cc(-c4cccc(C)c4)cn3)nc3c2CC(c2cccnc2)=C3)c1. The predicted molar refractivity (Wildman–Crippen MR) is 136 cm³/mol. The number of benzene rings is 1. The maximum absolute atomic E-state index is 4.95. The number of allylic oxidation sites excluding steroid dienone is 1. The maximum atomic E-state index is 4.95. The minimum atomic E-state index is 0.522. The molecule has 4 aromatic heterocycles. The second-order valence-corrected chi connectivity index (χ2v) is 8.89. The largest absolute Gasteiger partial charge is 0.264 e. The zero-order valence-electron chi connectivity index (χ0n) is 19.8. The van der Waals surface area contributed by atoms with Crippen LogP contribution in [0.15, 0.2) is 73.6 Å². The third-order valence-corrected chi connectivity index (χ3v) is 6.25. The molecule has 0 saturated carbocycles. The molecule has 1 aromatic carbocycles. The molecule has 0 amide bonds. The number of aryl methyl sites for hydroxylation is 2. The summed E-state index contributed by atoms with van der Waals surface area (Å²) in [6.45, 7) is 4.26. The van der Waals surface area contributed by atoms with Gasteiger partial charge < -0.3 is 0 Å². The monoisotopic (exact) mass is 459 g/mol. The molecular weight excluding hydrogens is 434 g/mol. The first kappa shape index (κ1) is 21.2. The van der Waals surface area contributed by atoms with Gasteiger partial charge in [-0.1, -0.05) is 49.2 Å². The zero-order valence-corrected chi connectivity index (χ0v) is 19.8. The van der Waals surface area contributed by atoms with Crippen LogP contribution in [0.2, 0.25) is 0 Å². The number of rotatable bonds is 6. The third-order valence-electron chi connectivity index (χ3n) is 6.25. The molecule has 172 valence electrons. The van der Waals surface area contributed by atoms with Crippen molar-refractivity contribution in [3.05, 3.63) is 102 Å². The minimum Gasteiger partial charge on any atom is -0.264 e. The molecule has 35 heavy (non-hydrogen) atoms. The molecule has 6 rings (SSSR count). The second kappa shape index (κ2) is 8.76. The van der Waals surface area contributed by atoms with Gasteiger partial charge in [0.1, 0.15) is 0 Å².